The van der Waals surface area contributed by atoms with Gasteiger partial charge in [-0.2, -0.15) is 5.06 Å². The summed E-state index contributed by atoms with van der Waals surface area (Å²) in [7, 11) is -4.45. The van der Waals surface area contributed by atoms with E-state index in [1.807, 2.05) is 83.1 Å². The first-order chi connectivity index (χ1) is 49.0. The number of rotatable bonds is 27. The number of ether oxygens (including phenoxy) is 1. The number of hydroxylamine groups is 2. The first-order valence-corrected chi connectivity index (χ1v) is 37.9. The Bertz CT molecular complexity index is 4340. The number of nitrogens with zero attached hydrogens (tertiary/aromatic N) is 9. The zero-order chi connectivity index (χ0) is 71.9. The molecule has 3 aromatic heterocycles. The van der Waals surface area contributed by atoms with Crippen LogP contribution in [0.25, 0.3) is 27.0 Å². The van der Waals surface area contributed by atoms with Crippen LogP contribution in [0.4, 0.5) is 34.1 Å². The van der Waals surface area contributed by atoms with Crippen molar-refractivity contribution >= 4 is 107 Å². The van der Waals surface area contributed by atoms with Crippen LogP contribution in [0.15, 0.2) is 119 Å². The second-order valence-corrected chi connectivity index (χ2v) is 31.3. The van der Waals surface area contributed by atoms with Gasteiger partial charge < -0.3 is 50.4 Å². The van der Waals surface area contributed by atoms with E-state index in [0.717, 1.165) is 71.2 Å². The first-order valence-electron chi connectivity index (χ1n) is 35.1. The number of aromatic amines is 1. The molecule has 0 unspecified atom stereocenters. The Balaban J connectivity index is 0.590. The lowest BCUT2D eigenvalue weighted by atomic mass is 9.74. The molecule has 3 fully saturated rings. The molecule has 7 aromatic rings. The number of aryl methyl sites for hydroxylation is 1. The molecule has 12 rings (SSSR count). The summed E-state index contributed by atoms with van der Waals surface area (Å²) in [6.07, 6.45) is 5.25. The molecule has 102 heavy (non-hydrogen) atoms. The SMILES string of the molecule is Cc1ncsc1-c1ccc(CNC(=O)[C@H]2C[C@H](O)CN2C(=O)C(C)(C)CCNC(=O)CCOCCON2CCN(CCNc3ccc(S(=O)(=O)Nc4ccc(N5CCN(C6=C(c7ccc(Cl)cc7)CC(C)(C)CC6)CC5)cc4N4CCCC(=O)c5nc6[nH]ccc6cc54)cc3[N+](=O)[O-])CC2)cc1. The van der Waals surface area contributed by atoms with Gasteiger partial charge >= 0.3 is 0 Å². The number of likely N-dealkylation sites (tertiary alicyclic amines) is 1. The van der Waals surface area contributed by atoms with E-state index >= 15 is 0 Å². The van der Waals surface area contributed by atoms with Gasteiger partial charge in [0.1, 0.15) is 23.1 Å². The lowest BCUT2D eigenvalue weighted by molar-refractivity contribution is -0.384. The van der Waals surface area contributed by atoms with E-state index in [1.54, 1.807) is 37.4 Å². The van der Waals surface area contributed by atoms with Gasteiger partial charge in [0.05, 0.1) is 68.9 Å². The number of piperazine rings is 2. The van der Waals surface area contributed by atoms with Crippen molar-refractivity contribution in [2.45, 2.75) is 110 Å². The number of amides is 3. The number of hydrogen-bond donors (Lipinski definition) is 6. The number of allylic oxidation sites excluding steroid dienone is 2. The molecule has 28 heteroatoms. The standard InChI is InChI=1S/C74H91ClN14O11S2/c1-49-69(101-48-80-49)52-10-8-50(9-11-52)46-79-71(93)65-43-56(90)47-88(65)72(94)74(4,5)24-26-77-67(92)22-38-99-39-40-100-86-36-30-83(31-37-86)29-27-76-59-19-17-57(44-63(59)89(95)96)102(97,98)82-60-18-16-55(42-62(60)87-28-6-7-66(91)68-64(87)41-53-21-25-78-70(53)81-68)84-32-34-85(35-33-84)61-20-23-73(2,3)45-58(61)51-12-14-54(75)15-13-51/h8-19,21,25,41-42,44,48,56,65,76,82,90H,6-7,20,22-24,26-40,43,45-47H2,1-5H3,(H,77,92)(H,78,81)(H,79,93)/t56-,65+/m0/s1. The van der Waals surface area contributed by atoms with Crippen LogP contribution < -0.4 is 30.5 Å². The minimum Gasteiger partial charge on any atom is -0.391 e. The van der Waals surface area contributed by atoms with Gasteiger partial charge in [-0.05, 0) is 121 Å². The van der Waals surface area contributed by atoms with Gasteiger partial charge in [0.2, 0.25) is 17.7 Å². The fourth-order valence-electron chi connectivity index (χ4n) is 14.2. The Morgan fingerprint density at radius 3 is 2.34 bits per heavy atom. The van der Waals surface area contributed by atoms with Crippen molar-refractivity contribution in [1.82, 2.24) is 45.3 Å². The number of sulfonamides is 1. The number of carbonyl (C=O) groups is 4. The van der Waals surface area contributed by atoms with E-state index in [4.69, 9.17) is 26.2 Å². The molecule has 5 aliphatic rings. The van der Waals surface area contributed by atoms with Crippen LogP contribution in [-0.2, 0) is 40.5 Å². The molecule has 0 bridgehead atoms. The molecule has 1 aliphatic carbocycles. The highest BCUT2D eigenvalue weighted by atomic mass is 35.5. The van der Waals surface area contributed by atoms with Crippen molar-refractivity contribution < 1.29 is 47.2 Å². The molecule has 3 saturated heterocycles. The number of benzene rings is 4. The van der Waals surface area contributed by atoms with E-state index in [9.17, 15) is 42.8 Å². The van der Waals surface area contributed by atoms with Crippen molar-refractivity contribution in [1.29, 1.82) is 0 Å². The van der Waals surface area contributed by atoms with Crippen LogP contribution in [0, 0.1) is 27.9 Å². The quantitative estimate of drug-likeness (QED) is 0.0158. The largest absolute Gasteiger partial charge is 0.391 e. The maximum Gasteiger partial charge on any atom is 0.293 e. The summed E-state index contributed by atoms with van der Waals surface area (Å²) in [6, 6.07) is 28.5. The molecule has 2 atom stereocenters. The van der Waals surface area contributed by atoms with Gasteiger partial charge in [0.25, 0.3) is 15.7 Å². The lowest BCUT2D eigenvalue weighted by Crippen LogP contribution is -2.50. The summed E-state index contributed by atoms with van der Waals surface area (Å²) >= 11 is 7.90. The zero-order valence-electron chi connectivity index (χ0n) is 58.5. The second kappa shape index (κ2) is 32.0. The molecule has 3 amide bonds. The number of ketones is 1. The minimum absolute atomic E-state index is 0.0476. The van der Waals surface area contributed by atoms with Crippen LogP contribution >= 0.6 is 22.9 Å². The number of β-amino-alcohol motifs (C(OH)–C–C–N with tert-alkyl or cyclic N) is 1. The Labute approximate surface area is 604 Å². The minimum atomic E-state index is -4.45. The molecule has 0 saturated carbocycles. The Morgan fingerprint density at radius 2 is 1.60 bits per heavy atom. The molecule has 0 radical (unpaired) electrons. The van der Waals surface area contributed by atoms with E-state index in [-0.39, 0.29) is 110 Å². The number of nitro benzene ring substituents is 1. The number of H-pyrrole nitrogens is 1. The zero-order valence-corrected chi connectivity index (χ0v) is 60.9. The van der Waals surface area contributed by atoms with Gasteiger partial charge in [-0.1, -0.05) is 75.7 Å². The third-order valence-electron chi connectivity index (χ3n) is 20.1. The van der Waals surface area contributed by atoms with Crippen LogP contribution in [0.1, 0.15) is 106 Å². The Hall–Kier alpha value is -8.54. The second-order valence-electron chi connectivity index (χ2n) is 28.4. The van der Waals surface area contributed by atoms with E-state index < -0.39 is 38.2 Å². The van der Waals surface area contributed by atoms with Crippen molar-refractivity contribution in [3.05, 3.63) is 152 Å². The number of anilines is 5. The third-order valence-corrected chi connectivity index (χ3v) is 22.7. The number of fused-ring (bicyclic) bond motifs is 2. The fourth-order valence-corrected chi connectivity index (χ4v) is 16.3. The highest BCUT2D eigenvalue weighted by Crippen LogP contribution is 2.46. The van der Waals surface area contributed by atoms with Crippen molar-refractivity contribution in [2.75, 3.05) is 125 Å². The average Bonchev–Trinajstić information content (AvgIpc) is 1.26. The van der Waals surface area contributed by atoms with Gasteiger partial charge in [0, 0.05) is 150 Å². The third kappa shape index (κ3) is 17.6. The smallest absolute Gasteiger partial charge is 0.293 e. The number of carbonyl (C=O) groups excluding carboxylic acids is 4. The first kappa shape index (κ1) is 73.2. The summed E-state index contributed by atoms with van der Waals surface area (Å²) in [4.78, 5) is 95.3. The number of Topliss-reactive ketones (excluding diaryl/α,β-unsaturated/α-hetero) is 1. The highest BCUT2D eigenvalue weighted by molar-refractivity contribution is 7.92. The summed E-state index contributed by atoms with van der Waals surface area (Å²) in [5.74, 6) is -0.953. The molecular weight excluding hydrogens is 1360 g/mol. The number of nitrogens with one attached hydrogen (secondary N) is 5. The fraction of sp³-hybridized carbons (Fsp3) is 0.459. The van der Waals surface area contributed by atoms with E-state index in [0.29, 0.717) is 93.8 Å². The lowest BCUT2D eigenvalue weighted by Gasteiger charge is -2.43. The summed E-state index contributed by atoms with van der Waals surface area (Å²) in [5.41, 5.74) is 10.7. The molecule has 25 nitrogen and oxygen atoms in total. The monoisotopic (exact) mass is 1450 g/mol. The maximum absolute atomic E-state index is 14.6. The number of thiazole rings is 1. The molecule has 0 spiro atoms. The molecule has 7 heterocycles. The predicted molar refractivity (Wildman–Crippen MR) is 396 cm³/mol. The van der Waals surface area contributed by atoms with Gasteiger partial charge in [-0.3, -0.25) is 43.8 Å². The van der Waals surface area contributed by atoms with Crippen molar-refractivity contribution in [3.63, 3.8) is 0 Å². The topological polar surface area (TPSA) is 293 Å². The Kier molecular flexibility index (Phi) is 23.0. The normalized spacial score (nSPS) is 18.5. The van der Waals surface area contributed by atoms with Crippen LogP contribution in [-0.4, -0.2) is 194 Å². The number of pyridine rings is 1. The van der Waals surface area contributed by atoms with E-state index in [1.165, 1.54) is 33.9 Å². The maximum atomic E-state index is 14.6. The molecule has 542 valence electrons. The highest BCUT2D eigenvalue weighted by Gasteiger charge is 2.44. The number of hydrogen-bond acceptors (Lipinski definition) is 20. The molecule has 4 aromatic carbocycles. The summed E-state index contributed by atoms with van der Waals surface area (Å²) < 4.78 is 37.8. The van der Waals surface area contributed by atoms with Crippen molar-refractivity contribution in [2.24, 2.45) is 10.8 Å². The van der Waals surface area contributed by atoms with Crippen LogP contribution in [0.3, 0.4) is 0 Å². The number of aliphatic hydroxyl groups is 1. The van der Waals surface area contributed by atoms with Crippen molar-refractivity contribution in [3.8, 4) is 10.4 Å². The van der Waals surface area contributed by atoms with Crippen LogP contribution in [0.2, 0.25) is 5.02 Å². The van der Waals surface area contributed by atoms with E-state index in [2.05, 4.69) is 71.3 Å². The number of nitro groups is 1. The number of halogens is 1. The summed E-state index contributed by atoms with van der Waals surface area (Å²) in [6.45, 7) is 18.2. The molecular formula is C74H91ClN14O11S2. The van der Waals surface area contributed by atoms with Gasteiger partial charge in [-0.25, -0.2) is 18.4 Å². The number of aliphatic hydroxyl groups excluding tert-OH is 1. The van der Waals surface area contributed by atoms with Gasteiger partial charge in [-0.15, -0.1) is 11.3 Å². The number of aromatic nitrogens is 3. The molecule has 6 N–H and O–H groups in total. The predicted octanol–water partition coefficient (Wildman–Crippen LogP) is 10.4. The van der Waals surface area contributed by atoms with Gasteiger partial charge in [0.15, 0.2) is 5.78 Å². The Morgan fingerprint density at radius 1 is 0.853 bits per heavy atom. The molecule has 4 aliphatic heterocycles. The summed E-state index contributed by atoms with van der Waals surface area (Å²) in [5, 5.41) is 35.6. The average molecular weight is 1450 g/mol. The van der Waals surface area contributed by atoms with Crippen LogP contribution in [0.5, 0.6) is 0 Å².